The Hall–Kier alpha value is -5.14. The third-order valence-electron chi connectivity index (χ3n) is 7.92. The van der Waals surface area contributed by atoms with Crippen molar-refractivity contribution in [3.8, 4) is 22.3 Å². The molecule has 6 aromatic carbocycles. The van der Waals surface area contributed by atoms with Gasteiger partial charge < -0.3 is 4.90 Å². The van der Waals surface area contributed by atoms with Crippen molar-refractivity contribution in [3.63, 3.8) is 0 Å². The quantitative estimate of drug-likeness (QED) is 0.209. The van der Waals surface area contributed by atoms with Crippen LogP contribution >= 0.6 is 0 Å². The predicted molar refractivity (Wildman–Crippen MR) is 174 cm³/mol. The van der Waals surface area contributed by atoms with Crippen molar-refractivity contribution in [1.29, 1.82) is 0 Å². The van der Waals surface area contributed by atoms with Crippen LogP contribution < -0.4 is 15.3 Å². The highest BCUT2D eigenvalue weighted by molar-refractivity contribution is 5.83. The number of hydrogen-bond acceptors (Lipinski definition) is 1. The Labute approximate surface area is 242 Å². The van der Waals surface area contributed by atoms with Gasteiger partial charge in [0, 0.05) is 17.1 Å². The van der Waals surface area contributed by atoms with Gasteiger partial charge in [0.1, 0.15) is 0 Å². The maximum Gasteiger partial charge on any atom is 0.0467 e. The lowest BCUT2D eigenvalue weighted by Crippen LogP contribution is -2.29. The molecular formula is C40H31N. The van der Waals surface area contributed by atoms with Crippen LogP contribution in [0.2, 0.25) is 0 Å². The predicted octanol–water partition coefficient (Wildman–Crippen LogP) is 9.26. The van der Waals surface area contributed by atoms with E-state index >= 15 is 0 Å². The second-order valence-corrected chi connectivity index (χ2v) is 10.5. The Morgan fingerprint density at radius 2 is 0.902 bits per heavy atom. The fourth-order valence-corrected chi connectivity index (χ4v) is 5.95. The molecule has 0 amide bonds. The van der Waals surface area contributed by atoms with Gasteiger partial charge in [-0.05, 0) is 99.1 Å². The Bertz CT molecular complexity index is 1940. The van der Waals surface area contributed by atoms with Crippen LogP contribution in [-0.2, 0) is 0 Å². The molecule has 0 aliphatic heterocycles. The summed E-state index contributed by atoms with van der Waals surface area (Å²) in [4.78, 5) is 2.35. The van der Waals surface area contributed by atoms with Gasteiger partial charge in [-0.2, -0.15) is 0 Å². The molecule has 0 bridgehead atoms. The van der Waals surface area contributed by atoms with Crippen molar-refractivity contribution in [1.82, 2.24) is 0 Å². The van der Waals surface area contributed by atoms with Gasteiger partial charge >= 0.3 is 0 Å². The lowest BCUT2D eigenvalue weighted by atomic mass is 9.91. The molecule has 1 aliphatic carbocycles. The van der Waals surface area contributed by atoms with Crippen molar-refractivity contribution in [2.75, 3.05) is 4.90 Å². The first kappa shape index (κ1) is 24.9. The van der Waals surface area contributed by atoms with E-state index in [9.17, 15) is 0 Å². The van der Waals surface area contributed by atoms with E-state index in [-0.39, 0.29) is 0 Å². The second kappa shape index (κ2) is 11.2. The van der Waals surface area contributed by atoms with Crippen LogP contribution in [-0.4, -0.2) is 0 Å². The standard InChI is InChI=1S/C40H31N/c1-3-13-30(14-4-1)33-18-10-23-37(28-33)41(36-21-5-2-6-22-36)38-24-11-19-34(29-38)32-17-9-20-35(27-32)40-26-12-16-31-15-7-8-25-39(31)40/h1-11,13-25,27-29H,12,26H2. The highest BCUT2D eigenvalue weighted by Crippen LogP contribution is 2.38. The molecule has 0 atom stereocenters. The molecule has 0 aromatic heterocycles. The number of anilines is 3. The zero-order valence-corrected chi connectivity index (χ0v) is 22.9. The van der Waals surface area contributed by atoms with Gasteiger partial charge in [-0.3, -0.25) is 0 Å². The van der Waals surface area contributed by atoms with E-state index < -0.39 is 0 Å². The van der Waals surface area contributed by atoms with Crippen molar-refractivity contribution in [2.24, 2.45) is 0 Å². The Balaban J connectivity index is 1.32. The van der Waals surface area contributed by atoms with Crippen LogP contribution in [0.5, 0.6) is 0 Å². The van der Waals surface area contributed by atoms with E-state index in [1.807, 2.05) is 0 Å². The second-order valence-electron chi connectivity index (χ2n) is 10.5. The van der Waals surface area contributed by atoms with Gasteiger partial charge in [-0.1, -0.05) is 121 Å². The first-order valence-electron chi connectivity index (χ1n) is 14.3. The Morgan fingerprint density at radius 3 is 1.63 bits per heavy atom. The van der Waals surface area contributed by atoms with Crippen molar-refractivity contribution >= 4 is 28.7 Å². The maximum atomic E-state index is 2.36. The molecule has 0 unspecified atom stereocenters. The topological polar surface area (TPSA) is 3.24 Å². The maximum absolute atomic E-state index is 2.36. The molecule has 1 heteroatoms. The zero-order valence-electron chi connectivity index (χ0n) is 22.9. The normalized spacial score (nSPS) is 12.3. The average molecular weight is 526 g/mol. The van der Waals surface area contributed by atoms with Crippen LogP contribution in [0.3, 0.4) is 0 Å². The molecule has 0 spiro atoms. The van der Waals surface area contributed by atoms with Crippen LogP contribution in [0.25, 0.3) is 33.9 Å². The smallest absolute Gasteiger partial charge is 0.0467 e. The minimum Gasteiger partial charge on any atom is -0.310 e. The molecular weight excluding hydrogens is 494 g/mol. The first-order chi connectivity index (χ1) is 20.3. The summed E-state index contributed by atoms with van der Waals surface area (Å²) in [7, 11) is 0. The van der Waals surface area contributed by atoms with Gasteiger partial charge in [0.2, 0.25) is 0 Å². The summed E-state index contributed by atoms with van der Waals surface area (Å²) in [5.41, 5.74) is 11.0. The first-order valence-corrected chi connectivity index (χ1v) is 14.3. The molecule has 0 heterocycles. The van der Waals surface area contributed by atoms with E-state index in [2.05, 4.69) is 169 Å². The number of fused-ring (bicyclic) bond motifs is 1. The number of benzene rings is 6. The highest BCUT2D eigenvalue weighted by atomic mass is 15.1. The summed E-state index contributed by atoms with van der Waals surface area (Å²) in [6.07, 6.45) is 4.51. The fraction of sp³-hybridized carbons (Fsp3) is 0.0500. The van der Waals surface area contributed by atoms with E-state index in [0.29, 0.717) is 0 Å². The molecule has 0 N–H and O–H groups in total. The highest BCUT2D eigenvalue weighted by Gasteiger charge is 2.15. The van der Waals surface area contributed by atoms with Crippen LogP contribution in [0.1, 0.15) is 18.4 Å². The zero-order chi connectivity index (χ0) is 27.4. The molecule has 0 saturated carbocycles. The van der Waals surface area contributed by atoms with Gasteiger partial charge in [-0.25, -0.2) is 0 Å². The summed E-state index contributed by atoms with van der Waals surface area (Å²) >= 11 is 0. The van der Waals surface area contributed by atoms with Gasteiger partial charge in [0.15, 0.2) is 0 Å². The van der Waals surface area contributed by atoms with Crippen LogP contribution in [0.4, 0.5) is 17.1 Å². The molecule has 7 rings (SSSR count). The SMILES string of the molecule is C1=c2ccccc2=C(c2cccc(-c3cccc(N(c4ccccc4)c4cccc(-c5ccccc5)c4)c3)c2)CC1. The van der Waals surface area contributed by atoms with Gasteiger partial charge in [-0.15, -0.1) is 0 Å². The molecule has 0 radical (unpaired) electrons. The van der Waals surface area contributed by atoms with E-state index in [4.69, 9.17) is 0 Å². The third-order valence-corrected chi connectivity index (χ3v) is 7.92. The lowest BCUT2D eigenvalue weighted by Gasteiger charge is -2.26. The number of nitrogens with zero attached hydrogens (tertiary/aromatic N) is 1. The van der Waals surface area contributed by atoms with Crippen molar-refractivity contribution < 1.29 is 0 Å². The van der Waals surface area contributed by atoms with E-state index in [1.165, 1.54) is 43.8 Å². The Kier molecular flexibility index (Phi) is 6.77. The minimum atomic E-state index is 1.07. The van der Waals surface area contributed by atoms with Gasteiger partial charge in [0.05, 0.1) is 0 Å². The molecule has 1 nitrogen and oxygen atoms in total. The third kappa shape index (κ3) is 5.11. The number of rotatable bonds is 6. The minimum absolute atomic E-state index is 1.07. The number of hydrogen-bond donors (Lipinski definition) is 0. The summed E-state index contributed by atoms with van der Waals surface area (Å²) in [5.74, 6) is 0. The van der Waals surface area contributed by atoms with E-state index in [0.717, 1.165) is 29.9 Å². The van der Waals surface area contributed by atoms with Gasteiger partial charge in [0.25, 0.3) is 0 Å². The molecule has 196 valence electrons. The summed E-state index contributed by atoms with van der Waals surface area (Å²) in [5, 5.41) is 2.70. The molecule has 1 aliphatic rings. The molecule has 0 fully saturated rings. The summed E-state index contributed by atoms with van der Waals surface area (Å²) in [6.45, 7) is 0. The van der Waals surface area contributed by atoms with Crippen molar-refractivity contribution in [3.05, 3.63) is 174 Å². The largest absolute Gasteiger partial charge is 0.310 e. The molecule has 0 saturated heterocycles. The Morgan fingerprint density at radius 1 is 0.390 bits per heavy atom. The number of para-hydroxylation sites is 1. The van der Waals surface area contributed by atoms with Crippen molar-refractivity contribution in [2.45, 2.75) is 12.8 Å². The summed E-state index contributed by atoms with van der Waals surface area (Å²) < 4.78 is 0. The van der Waals surface area contributed by atoms with Crippen LogP contribution in [0.15, 0.2) is 158 Å². The monoisotopic (exact) mass is 525 g/mol. The average Bonchev–Trinajstić information content (AvgIpc) is 3.06. The lowest BCUT2D eigenvalue weighted by molar-refractivity contribution is 1.08. The molecule has 6 aromatic rings. The summed E-state index contributed by atoms with van der Waals surface area (Å²) in [6, 6.07) is 56.8. The fourth-order valence-electron chi connectivity index (χ4n) is 5.95. The van der Waals surface area contributed by atoms with E-state index in [1.54, 1.807) is 0 Å². The molecule has 41 heavy (non-hydrogen) atoms. The van der Waals surface area contributed by atoms with Crippen LogP contribution in [0, 0.1) is 0 Å².